The third-order valence-corrected chi connectivity index (χ3v) is 2.20. The molecule has 2 aromatic heterocycles. The number of pyridine rings is 1. The largest absolute Gasteiger partial charge is 0.300 e. The van der Waals surface area contributed by atoms with Crippen LogP contribution in [-0.4, -0.2) is 9.38 Å². The Morgan fingerprint density at radius 3 is 2.69 bits per heavy atom. The number of aromatic nitrogens is 2. The van der Waals surface area contributed by atoms with Crippen LogP contribution in [0.2, 0.25) is 0 Å². The Labute approximate surface area is 90.0 Å². The predicted molar refractivity (Wildman–Crippen MR) is 54.4 cm³/mol. The predicted octanol–water partition coefficient (Wildman–Crippen LogP) is 3.16. The van der Waals surface area contributed by atoms with E-state index in [9.17, 15) is 0 Å². The SMILES string of the molecule is ClC(Cl)(Cl)c1ncc2ccccn12. The van der Waals surface area contributed by atoms with Gasteiger partial charge in [0.2, 0.25) is 3.79 Å². The molecule has 0 N–H and O–H groups in total. The van der Waals surface area contributed by atoms with Crippen molar-refractivity contribution in [3.8, 4) is 0 Å². The number of halogens is 3. The van der Waals surface area contributed by atoms with E-state index >= 15 is 0 Å². The molecular formula is C8H5Cl3N2. The second kappa shape index (κ2) is 3.05. The van der Waals surface area contributed by atoms with Gasteiger partial charge in [0.25, 0.3) is 0 Å². The monoisotopic (exact) mass is 234 g/mol. The van der Waals surface area contributed by atoms with Crippen molar-refractivity contribution in [2.45, 2.75) is 3.79 Å². The third-order valence-electron chi connectivity index (χ3n) is 1.69. The molecule has 2 rings (SSSR count). The van der Waals surface area contributed by atoms with Crippen molar-refractivity contribution in [2.24, 2.45) is 0 Å². The van der Waals surface area contributed by atoms with E-state index in [1.807, 2.05) is 18.2 Å². The van der Waals surface area contributed by atoms with Crippen molar-refractivity contribution < 1.29 is 0 Å². The first-order valence-corrected chi connectivity index (χ1v) is 4.72. The zero-order chi connectivity index (χ0) is 9.47. The standard InChI is InChI=1S/C8H5Cl3N2/c9-8(10,11)7-12-5-6-3-1-2-4-13(6)7/h1-5H. The lowest BCUT2D eigenvalue weighted by molar-refractivity contribution is 0.962. The van der Waals surface area contributed by atoms with Crippen molar-refractivity contribution in [1.82, 2.24) is 9.38 Å². The van der Waals surface area contributed by atoms with Crippen LogP contribution in [0.5, 0.6) is 0 Å². The number of hydrogen-bond acceptors (Lipinski definition) is 1. The molecule has 13 heavy (non-hydrogen) atoms. The van der Waals surface area contributed by atoms with Crippen LogP contribution < -0.4 is 0 Å². The highest BCUT2D eigenvalue weighted by atomic mass is 35.6. The van der Waals surface area contributed by atoms with Crippen molar-refractivity contribution in [1.29, 1.82) is 0 Å². The number of rotatable bonds is 0. The van der Waals surface area contributed by atoms with E-state index in [1.54, 1.807) is 16.8 Å². The molecule has 0 atom stereocenters. The van der Waals surface area contributed by atoms with Crippen LogP contribution in [0.4, 0.5) is 0 Å². The highest BCUT2D eigenvalue weighted by Crippen LogP contribution is 2.37. The second-order valence-electron chi connectivity index (χ2n) is 2.58. The van der Waals surface area contributed by atoms with Gasteiger partial charge in [-0.1, -0.05) is 40.9 Å². The van der Waals surface area contributed by atoms with Gasteiger partial charge in [-0.3, -0.25) is 0 Å². The summed E-state index contributed by atoms with van der Waals surface area (Å²) in [6.07, 6.45) is 3.47. The Morgan fingerprint density at radius 2 is 2.00 bits per heavy atom. The van der Waals surface area contributed by atoms with Crippen LogP contribution in [0, 0.1) is 0 Å². The van der Waals surface area contributed by atoms with Gasteiger partial charge in [0.05, 0.1) is 11.7 Å². The maximum absolute atomic E-state index is 5.73. The van der Waals surface area contributed by atoms with Gasteiger partial charge in [0, 0.05) is 6.20 Å². The van der Waals surface area contributed by atoms with Gasteiger partial charge in [-0.2, -0.15) is 0 Å². The molecule has 0 aliphatic heterocycles. The Kier molecular flexibility index (Phi) is 2.14. The van der Waals surface area contributed by atoms with Crippen LogP contribution in [0.15, 0.2) is 30.6 Å². The van der Waals surface area contributed by atoms with E-state index in [4.69, 9.17) is 34.8 Å². The Balaban J connectivity index is 2.72. The van der Waals surface area contributed by atoms with Crippen molar-refractivity contribution in [3.63, 3.8) is 0 Å². The maximum atomic E-state index is 5.73. The summed E-state index contributed by atoms with van der Waals surface area (Å²) in [6.45, 7) is 0. The van der Waals surface area contributed by atoms with Crippen LogP contribution >= 0.6 is 34.8 Å². The quantitative estimate of drug-likeness (QED) is 0.641. The molecule has 0 saturated carbocycles. The highest BCUT2D eigenvalue weighted by molar-refractivity contribution is 6.66. The number of fused-ring (bicyclic) bond motifs is 1. The summed E-state index contributed by atoms with van der Waals surface area (Å²) in [5.74, 6) is 0.410. The summed E-state index contributed by atoms with van der Waals surface area (Å²) in [5.41, 5.74) is 0.906. The number of alkyl halides is 3. The first-order chi connectivity index (χ1) is 6.09. The first-order valence-electron chi connectivity index (χ1n) is 3.58. The molecule has 0 amide bonds. The van der Waals surface area contributed by atoms with Gasteiger partial charge >= 0.3 is 0 Å². The summed E-state index contributed by atoms with van der Waals surface area (Å²) in [4.78, 5) is 4.03. The van der Waals surface area contributed by atoms with Gasteiger partial charge in [0.15, 0.2) is 5.82 Å². The summed E-state index contributed by atoms with van der Waals surface area (Å²) < 4.78 is 0.265. The molecule has 0 aromatic carbocycles. The fourth-order valence-corrected chi connectivity index (χ4v) is 1.57. The van der Waals surface area contributed by atoms with Crippen LogP contribution in [-0.2, 0) is 3.79 Å². The second-order valence-corrected chi connectivity index (χ2v) is 4.86. The number of hydrogen-bond donors (Lipinski definition) is 0. The Morgan fingerprint density at radius 1 is 1.23 bits per heavy atom. The maximum Gasteiger partial charge on any atom is 0.248 e. The molecule has 0 fully saturated rings. The van der Waals surface area contributed by atoms with Gasteiger partial charge in [-0.15, -0.1) is 0 Å². The summed E-state index contributed by atoms with van der Waals surface area (Å²) in [6, 6.07) is 5.65. The van der Waals surface area contributed by atoms with Crippen LogP contribution in [0.1, 0.15) is 5.82 Å². The topological polar surface area (TPSA) is 17.3 Å². The van der Waals surface area contributed by atoms with Crippen LogP contribution in [0.3, 0.4) is 0 Å². The molecular weight excluding hydrogens is 230 g/mol. The number of nitrogens with zero attached hydrogens (tertiary/aromatic N) is 2. The van der Waals surface area contributed by atoms with Crippen molar-refractivity contribution in [2.75, 3.05) is 0 Å². The van der Waals surface area contributed by atoms with Gasteiger partial charge in [-0.05, 0) is 12.1 Å². The smallest absolute Gasteiger partial charge is 0.248 e. The molecule has 2 heterocycles. The average molecular weight is 236 g/mol. The average Bonchev–Trinajstić information content (AvgIpc) is 2.45. The minimum Gasteiger partial charge on any atom is -0.300 e. The van der Waals surface area contributed by atoms with Crippen molar-refractivity contribution >= 4 is 40.3 Å². The zero-order valence-electron chi connectivity index (χ0n) is 6.42. The molecule has 68 valence electrons. The highest BCUT2D eigenvalue weighted by Gasteiger charge is 2.27. The Hall–Kier alpha value is -0.440. The molecule has 2 aromatic rings. The first kappa shape index (κ1) is 9.13. The van der Waals surface area contributed by atoms with Gasteiger partial charge in [-0.25, -0.2) is 4.98 Å². The van der Waals surface area contributed by atoms with Crippen molar-refractivity contribution in [3.05, 3.63) is 36.4 Å². The van der Waals surface area contributed by atoms with E-state index in [-0.39, 0.29) is 0 Å². The minimum absolute atomic E-state index is 0.410. The Bertz CT molecular complexity index is 430. The van der Waals surface area contributed by atoms with Gasteiger partial charge in [0.1, 0.15) is 0 Å². The molecule has 5 heteroatoms. The lowest BCUT2D eigenvalue weighted by Crippen LogP contribution is -2.06. The van der Waals surface area contributed by atoms with Gasteiger partial charge < -0.3 is 4.40 Å². The fourth-order valence-electron chi connectivity index (χ4n) is 1.15. The molecule has 0 aliphatic carbocycles. The molecule has 0 bridgehead atoms. The molecule has 0 spiro atoms. The van der Waals surface area contributed by atoms with E-state index in [1.165, 1.54) is 0 Å². The summed E-state index contributed by atoms with van der Waals surface area (Å²) >= 11 is 17.2. The normalized spacial score (nSPS) is 12.2. The van der Waals surface area contributed by atoms with E-state index < -0.39 is 3.79 Å². The summed E-state index contributed by atoms with van der Waals surface area (Å²) in [5, 5.41) is 0. The van der Waals surface area contributed by atoms with E-state index in [0.29, 0.717) is 5.82 Å². The molecule has 2 nitrogen and oxygen atoms in total. The molecule has 0 aliphatic rings. The van der Waals surface area contributed by atoms with E-state index in [2.05, 4.69) is 4.98 Å². The molecule has 0 unspecified atom stereocenters. The number of imidazole rings is 1. The molecule has 0 radical (unpaired) electrons. The zero-order valence-corrected chi connectivity index (χ0v) is 8.68. The van der Waals surface area contributed by atoms with Crippen LogP contribution in [0.25, 0.3) is 5.52 Å². The third kappa shape index (κ3) is 1.62. The molecule has 0 saturated heterocycles. The minimum atomic E-state index is -1.48. The van der Waals surface area contributed by atoms with E-state index in [0.717, 1.165) is 5.52 Å². The lowest BCUT2D eigenvalue weighted by Gasteiger charge is -2.08. The summed E-state index contributed by atoms with van der Waals surface area (Å²) in [7, 11) is 0. The fraction of sp³-hybridized carbons (Fsp3) is 0.125. The lowest BCUT2D eigenvalue weighted by atomic mass is 10.4.